The minimum absolute atomic E-state index is 0.150. The van der Waals surface area contributed by atoms with Crippen LogP contribution in [0.1, 0.15) is 42.2 Å². The zero-order valence-corrected chi connectivity index (χ0v) is 14.8. The number of methoxy groups -OCH3 is 1. The predicted molar refractivity (Wildman–Crippen MR) is 88.7 cm³/mol. The topological polar surface area (TPSA) is 80.8 Å². The van der Waals surface area contributed by atoms with Gasteiger partial charge in [-0.2, -0.15) is 0 Å². The van der Waals surface area contributed by atoms with E-state index in [9.17, 15) is 9.59 Å². The van der Waals surface area contributed by atoms with Crippen LogP contribution < -0.4 is 5.32 Å². The summed E-state index contributed by atoms with van der Waals surface area (Å²) < 4.78 is 9.96. The largest absolute Gasteiger partial charge is 0.461 e. The summed E-state index contributed by atoms with van der Waals surface area (Å²) in [5.41, 5.74) is 0.282. The molecule has 0 saturated heterocycles. The number of hydrogen-bond acceptors (Lipinski definition) is 6. The molecule has 0 unspecified atom stereocenters. The molecule has 1 aromatic heterocycles. The van der Waals surface area contributed by atoms with Crippen molar-refractivity contribution in [1.82, 2.24) is 15.2 Å². The molecule has 23 heavy (non-hydrogen) atoms. The Balaban J connectivity index is 2.65. The Hall–Kier alpha value is -1.67. The van der Waals surface area contributed by atoms with E-state index >= 15 is 0 Å². The molecule has 8 heteroatoms. The van der Waals surface area contributed by atoms with E-state index in [2.05, 4.69) is 17.2 Å². The molecule has 0 radical (unpaired) electrons. The highest BCUT2D eigenvalue weighted by Crippen LogP contribution is 2.13. The van der Waals surface area contributed by atoms with Crippen LogP contribution in [-0.2, 0) is 16.0 Å². The number of nitrogens with zero attached hydrogens (tertiary/aromatic N) is 2. The number of unbranched alkanes of at least 4 members (excludes halogenated alkanes) is 1. The van der Waals surface area contributed by atoms with E-state index in [1.165, 1.54) is 11.3 Å². The number of carbonyl (C=O) groups is 2. The minimum Gasteiger partial charge on any atom is -0.461 e. The molecule has 1 heterocycles. The third-order valence-corrected chi connectivity index (χ3v) is 3.86. The van der Waals surface area contributed by atoms with Gasteiger partial charge in [0.05, 0.1) is 19.8 Å². The second-order valence-corrected chi connectivity index (χ2v) is 5.79. The number of ether oxygens (including phenoxy) is 2. The number of amides is 2. The van der Waals surface area contributed by atoms with Gasteiger partial charge in [-0.1, -0.05) is 13.3 Å². The molecule has 0 aliphatic carbocycles. The van der Waals surface area contributed by atoms with Gasteiger partial charge in [-0.3, -0.25) is 0 Å². The molecule has 1 aromatic rings. The summed E-state index contributed by atoms with van der Waals surface area (Å²) in [5.74, 6) is -0.439. The van der Waals surface area contributed by atoms with Gasteiger partial charge in [0.15, 0.2) is 5.69 Å². The first-order chi connectivity index (χ1) is 11.1. The number of thiazole rings is 1. The average molecular weight is 343 g/mol. The first-order valence-corrected chi connectivity index (χ1v) is 8.63. The number of carbonyl (C=O) groups excluding carboxylic acids is 2. The standard InChI is InChI=1S/C15H25N3O4S/c1-4-6-7-16-15(20)18(8-9-21-3)10-13-17-12(11-23-13)14(19)22-5-2/h11H,4-10H2,1-3H3,(H,16,20). The fourth-order valence-electron chi connectivity index (χ4n) is 1.78. The maximum atomic E-state index is 12.2. The lowest BCUT2D eigenvalue weighted by atomic mass is 10.3. The molecular formula is C15H25N3O4S. The Labute approximate surface area is 141 Å². The van der Waals surface area contributed by atoms with Gasteiger partial charge in [-0.15, -0.1) is 11.3 Å². The molecule has 130 valence electrons. The zero-order valence-electron chi connectivity index (χ0n) is 14.0. The number of aromatic nitrogens is 1. The van der Waals surface area contributed by atoms with Gasteiger partial charge < -0.3 is 19.7 Å². The Morgan fingerprint density at radius 1 is 1.39 bits per heavy atom. The van der Waals surface area contributed by atoms with Crippen LogP contribution >= 0.6 is 11.3 Å². The van der Waals surface area contributed by atoms with Gasteiger partial charge in [0, 0.05) is 25.6 Å². The van der Waals surface area contributed by atoms with Crippen molar-refractivity contribution >= 4 is 23.3 Å². The van der Waals surface area contributed by atoms with Gasteiger partial charge in [-0.05, 0) is 13.3 Å². The molecule has 0 aromatic carbocycles. The zero-order chi connectivity index (χ0) is 17.1. The summed E-state index contributed by atoms with van der Waals surface area (Å²) in [6.07, 6.45) is 1.96. The van der Waals surface area contributed by atoms with Crippen molar-refractivity contribution in [2.24, 2.45) is 0 Å². The van der Waals surface area contributed by atoms with E-state index in [4.69, 9.17) is 9.47 Å². The predicted octanol–water partition coefficient (Wildman–Crippen LogP) is 2.28. The van der Waals surface area contributed by atoms with E-state index < -0.39 is 5.97 Å². The molecule has 1 rings (SSSR count). The van der Waals surface area contributed by atoms with Gasteiger partial charge in [0.2, 0.25) is 0 Å². The van der Waals surface area contributed by atoms with Crippen LogP contribution in [-0.4, -0.2) is 55.3 Å². The SMILES string of the molecule is CCCCNC(=O)N(CCOC)Cc1nc(C(=O)OCC)cs1. The summed E-state index contributed by atoms with van der Waals surface area (Å²) in [4.78, 5) is 29.7. The Morgan fingerprint density at radius 2 is 2.17 bits per heavy atom. The summed E-state index contributed by atoms with van der Waals surface area (Å²) in [6.45, 7) is 6.02. The van der Waals surface area contributed by atoms with Crippen molar-refractivity contribution in [3.63, 3.8) is 0 Å². The van der Waals surface area contributed by atoms with E-state index in [-0.39, 0.29) is 11.7 Å². The number of rotatable bonds is 10. The second-order valence-electron chi connectivity index (χ2n) is 4.85. The average Bonchev–Trinajstić information content (AvgIpc) is 3.00. The molecule has 1 N–H and O–H groups in total. The monoisotopic (exact) mass is 343 g/mol. The van der Waals surface area contributed by atoms with Crippen LogP contribution in [0, 0.1) is 0 Å². The highest BCUT2D eigenvalue weighted by molar-refractivity contribution is 7.09. The number of esters is 1. The van der Waals surface area contributed by atoms with Crippen molar-refractivity contribution < 1.29 is 19.1 Å². The van der Waals surface area contributed by atoms with Crippen LogP contribution in [0.2, 0.25) is 0 Å². The molecule has 0 saturated carbocycles. The van der Waals surface area contributed by atoms with Crippen LogP contribution in [0.5, 0.6) is 0 Å². The Morgan fingerprint density at radius 3 is 2.83 bits per heavy atom. The smallest absolute Gasteiger partial charge is 0.357 e. The fourth-order valence-corrected chi connectivity index (χ4v) is 2.56. The number of nitrogens with one attached hydrogen (secondary N) is 1. The lowest BCUT2D eigenvalue weighted by Crippen LogP contribution is -2.41. The quantitative estimate of drug-likeness (QED) is 0.521. The van der Waals surface area contributed by atoms with Crippen LogP contribution in [0.4, 0.5) is 4.79 Å². The highest BCUT2D eigenvalue weighted by Gasteiger charge is 2.17. The maximum absolute atomic E-state index is 12.2. The van der Waals surface area contributed by atoms with Crippen molar-refractivity contribution in [2.75, 3.05) is 33.4 Å². The van der Waals surface area contributed by atoms with Crippen molar-refractivity contribution in [3.05, 3.63) is 16.1 Å². The summed E-state index contributed by atoms with van der Waals surface area (Å²) >= 11 is 1.34. The second kappa shape index (κ2) is 11.0. The Kier molecular flexibility index (Phi) is 9.23. The van der Waals surface area contributed by atoms with Gasteiger partial charge in [0.1, 0.15) is 5.01 Å². The van der Waals surface area contributed by atoms with Crippen molar-refractivity contribution in [3.8, 4) is 0 Å². The third-order valence-electron chi connectivity index (χ3n) is 3.02. The lowest BCUT2D eigenvalue weighted by molar-refractivity contribution is 0.0520. The van der Waals surface area contributed by atoms with Gasteiger partial charge in [-0.25, -0.2) is 14.6 Å². The van der Waals surface area contributed by atoms with Crippen LogP contribution in [0.3, 0.4) is 0 Å². The molecule has 0 aliphatic heterocycles. The molecule has 0 fully saturated rings. The van der Waals surface area contributed by atoms with E-state index in [0.717, 1.165) is 12.8 Å². The summed E-state index contributed by atoms with van der Waals surface area (Å²) in [5, 5.41) is 5.22. The van der Waals surface area contributed by atoms with Gasteiger partial charge in [0.25, 0.3) is 0 Å². The van der Waals surface area contributed by atoms with Gasteiger partial charge >= 0.3 is 12.0 Å². The highest BCUT2D eigenvalue weighted by atomic mass is 32.1. The van der Waals surface area contributed by atoms with E-state index in [1.54, 1.807) is 24.3 Å². The normalized spacial score (nSPS) is 10.4. The first-order valence-electron chi connectivity index (χ1n) is 7.75. The Bertz CT molecular complexity index is 493. The molecule has 2 amide bonds. The fraction of sp³-hybridized carbons (Fsp3) is 0.667. The van der Waals surface area contributed by atoms with Crippen LogP contribution in [0.15, 0.2) is 5.38 Å². The van der Waals surface area contributed by atoms with Crippen LogP contribution in [0.25, 0.3) is 0 Å². The molecule has 7 nitrogen and oxygen atoms in total. The molecular weight excluding hydrogens is 318 g/mol. The molecule has 0 atom stereocenters. The maximum Gasteiger partial charge on any atom is 0.357 e. The minimum atomic E-state index is -0.439. The van der Waals surface area contributed by atoms with Crippen molar-refractivity contribution in [2.45, 2.75) is 33.2 Å². The molecule has 0 aliphatic rings. The number of hydrogen-bond donors (Lipinski definition) is 1. The van der Waals surface area contributed by atoms with Crippen molar-refractivity contribution in [1.29, 1.82) is 0 Å². The number of urea groups is 1. The lowest BCUT2D eigenvalue weighted by Gasteiger charge is -2.21. The third kappa shape index (κ3) is 6.96. The van der Waals surface area contributed by atoms with E-state index in [0.29, 0.717) is 37.9 Å². The first kappa shape index (κ1) is 19.4. The summed E-state index contributed by atoms with van der Waals surface area (Å²) in [7, 11) is 1.59. The molecule has 0 bridgehead atoms. The van der Waals surface area contributed by atoms with E-state index in [1.807, 2.05) is 0 Å². The molecule has 0 spiro atoms. The summed E-state index contributed by atoms with van der Waals surface area (Å²) in [6, 6.07) is -0.150.